The number of rotatable bonds is 7. The van der Waals surface area contributed by atoms with E-state index in [-0.39, 0.29) is 0 Å². The molecule has 0 bridgehead atoms. The van der Waals surface area contributed by atoms with Crippen molar-refractivity contribution >= 4 is 0 Å². The van der Waals surface area contributed by atoms with Gasteiger partial charge in [0, 0.05) is 6.04 Å². The van der Waals surface area contributed by atoms with E-state index in [4.69, 9.17) is 4.74 Å². The lowest BCUT2D eigenvalue weighted by Crippen LogP contribution is -2.43. The SMILES string of the molecule is CCNC(Cc1cccc(OC)c1)C(C)(C)CC. The normalized spacial score (nSPS) is 13.4. The standard InChI is InChI=1S/C16H27NO/c1-6-16(3,4)15(17-7-2)12-13-9-8-10-14(11-13)18-5/h8-11,15,17H,6-7,12H2,1-5H3. The number of benzene rings is 1. The van der Waals surface area contributed by atoms with E-state index in [1.807, 2.05) is 6.07 Å². The average Bonchev–Trinajstić information content (AvgIpc) is 2.38. The van der Waals surface area contributed by atoms with E-state index >= 15 is 0 Å². The van der Waals surface area contributed by atoms with E-state index in [1.54, 1.807) is 7.11 Å². The summed E-state index contributed by atoms with van der Waals surface area (Å²) in [6, 6.07) is 8.88. The minimum Gasteiger partial charge on any atom is -0.497 e. The van der Waals surface area contributed by atoms with Crippen LogP contribution in [0.15, 0.2) is 24.3 Å². The fraction of sp³-hybridized carbons (Fsp3) is 0.625. The molecule has 2 heteroatoms. The molecule has 0 saturated carbocycles. The number of hydrogen-bond donors (Lipinski definition) is 1. The van der Waals surface area contributed by atoms with Gasteiger partial charge in [-0.15, -0.1) is 0 Å². The Morgan fingerprint density at radius 2 is 2.00 bits per heavy atom. The van der Waals surface area contributed by atoms with Crippen molar-refractivity contribution in [2.75, 3.05) is 13.7 Å². The lowest BCUT2D eigenvalue weighted by atomic mass is 9.79. The van der Waals surface area contributed by atoms with Gasteiger partial charge in [0.25, 0.3) is 0 Å². The van der Waals surface area contributed by atoms with Gasteiger partial charge in [-0.25, -0.2) is 0 Å². The summed E-state index contributed by atoms with van der Waals surface area (Å²) < 4.78 is 5.29. The van der Waals surface area contributed by atoms with Crippen LogP contribution in [0, 0.1) is 5.41 Å². The maximum atomic E-state index is 5.29. The summed E-state index contributed by atoms with van der Waals surface area (Å²) in [6.45, 7) is 10.1. The molecule has 0 aliphatic heterocycles. The molecule has 1 N–H and O–H groups in total. The highest BCUT2D eigenvalue weighted by molar-refractivity contribution is 5.29. The zero-order valence-electron chi connectivity index (χ0n) is 12.4. The predicted molar refractivity (Wildman–Crippen MR) is 78.2 cm³/mol. The number of hydrogen-bond acceptors (Lipinski definition) is 2. The second-order valence-electron chi connectivity index (χ2n) is 5.51. The highest BCUT2D eigenvalue weighted by Gasteiger charge is 2.27. The van der Waals surface area contributed by atoms with Gasteiger partial charge in [0.2, 0.25) is 0 Å². The Balaban J connectivity index is 2.82. The molecule has 0 fully saturated rings. The summed E-state index contributed by atoms with van der Waals surface area (Å²) in [5, 5.41) is 3.62. The Morgan fingerprint density at radius 1 is 1.28 bits per heavy atom. The van der Waals surface area contributed by atoms with Crippen LogP contribution in [0.2, 0.25) is 0 Å². The van der Waals surface area contributed by atoms with Gasteiger partial charge in [-0.05, 0) is 42.5 Å². The quantitative estimate of drug-likeness (QED) is 0.796. The van der Waals surface area contributed by atoms with Gasteiger partial charge in [0.05, 0.1) is 7.11 Å². The second kappa shape index (κ2) is 6.79. The van der Waals surface area contributed by atoms with E-state index in [0.717, 1.165) is 18.7 Å². The smallest absolute Gasteiger partial charge is 0.119 e. The molecule has 1 aromatic rings. The second-order valence-corrected chi connectivity index (χ2v) is 5.51. The van der Waals surface area contributed by atoms with Crippen molar-refractivity contribution < 1.29 is 4.74 Å². The fourth-order valence-electron chi connectivity index (χ4n) is 2.15. The van der Waals surface area contributed by atoms with Crippen molar-refractivity contribution in [1.82, 2.24) is 5.32 Å². The fourth-order valence-corrected chi connectivity index (χ4v) is 2.15. The molecule has 1 unspecified atom stereocenters. The third-order valence-electron chi connectivity index (χ3n) is 3.88. The molecular formula is C16H27NO. The van der Waals surface area contributed by atoms with Gasteiger partial charge in [0.15, 0.2) is 0 Å². The highest BCUT2D eigenvalue weighted by Crippen LogP contribution is 2.28. The predicted octanol–water partition coefficient (Wildman–Crippen LogP) is 3.65. The molecule has 0 aliphatic carbocycles. The van der Waals surface area contributed by atoms with Gasteiger partial charge in [-0.3, -0.25) is 0 Å². The van der Waals surface area contributed by atoms with Crippen molar-refractivity contribution in [1.29, 1.82) is 0 Å². The minimum atomic E-state index is 0.305. The van der Waals surface area contributed by atoms with Gasteiger partial charge in [-0.2, -0.15) is 0 Å². The van der Waals surface area contributed by atoms with E-state index in [2.05, 4.69) is 51.2 Å². The number of likely N-dealkylation sites (N-methyl/N-ethyl adjacent to an activating group) is 1. The molecule has 1 atom stereocenters. The summed E-state index contributed by atoms with van der Waals surface area (Å²) in [6.07, 6.45) is 2.22. The molecule has 0 aliphatic rings. The topological polar surface area (TPSA) is 21.3 Å². The lowest BCUT2D eigenvalue weighted by Gasteiger charge is -2.34. The first kappa shape index (κ1) is 15.0. The average molecular weight is 249 g/mol. The molecule has 1 rings (SSSR count). The van der Waals surface area contributed by atoms with Crippen LogP contribution in [0.1, 0.15) is 39.7 Å². The molecule has 0 spiro atoms. The van der Waals surface area contributed by atoms with Crippen LogP contribution in [0.3, 0.4) is 0 Å². The zero-order chi connectivity index (χ0) is 13.6. The summed E-state index contributed by atoms with van der Waals surface area (Å²) in [5.41, 5.74) is 1.64. The largest absolute Gasteiger partial charge is 0.497 e. The van der Waals surface area contributed by atoms with Gasteiger partial charge in [0.1, 0.15) is 5.75 Å². The third-order valence-corrected chi connectivity index (χ3v) is 3.88. The van der Waals surface area contributed by atoms with Crippen molar-refractivity contribution in [2.24, 2.45) is 5.41 Å². The molecule has 0 heterocycles. The lowest BCUT2D eigenvalue weighted by molar-refractivity contribution is 0.232. The minimum absolute atomic E-state index is 0.305. The van der Waals surface area contributed by atoms with Crippen LogP contribution in [-0.4, -0.2) is 19.7 Å². The summed E-state index contributed by atoms with van der Waals surface area (Å²) in [5.74, 6) is 0.942. The Hall–Kier alpha value is -1.02. The summed E-state index contributed by atoms with van der Waals surface area (Å²) in [7, 11) is 1.72. The first-order valence-corrected chi connectivity index (χ1v) is 6.89. The Labute approximate surface area is 112 Å². The van der Waals surface area contributed by atoms with E-state index < -0.39 is 0 Å². The first-order chi connectivity index (χ1) is 8.53. The van der Waals surface area contributed by atoms with Crippen LogP contribution < -0.4 is 10.1 Å². The van der Waals surface area contributed by atoms with Gasteiger partial charge >= 0.3 is 0 Å². The molecule has 0 amide bonds. The third kappa shape index (κ3) is 4.02. The molecule has 1 aromatic carbocycles. The Bertz CT molecular complexity index is 360. The number of ether oxygens (including phenoxy) is 1. The number of methoxy groups -OCH3 is 1. The highest BCUT2D eigenvalue weighted by atomic mass is 16.5. The maximum absolute atomic E-state index is 5.29. The summed E-state index contributed by atoms with van der Waals surface area (Å²) in [4.78, 5) is 0. The van der Waals surface area contributed by atoms with Crippen LogP contribution >= 0.6 is 0 Å². The molecule has 2 nitrogen and oxygen atoms in total. The first-order valence-electron chi connectivity index (χ1n) is 6.89. The molecule has 0 saturated heterocycles. The van der Waals surface area contributed by atoms with Crippen LogP contribution in [0.25, 0.3) is 0 Å². The molecule has 0 aromatic heterocycles. The van der Waals surface area contributed by atoms with Crippen LogP contribution in [-0.2, 0) is 6.42 Å². The van der Waals surface area contributed by atoms with Crippen molar-refractivity contribution in [3.8, 4) is 5.75 Å². The van der Waals surface area contributed by atoms with Crippen LogP contribution in [0.4, 0.5) is 0 Å². The summed E-state index contributed by atoms with van der Waals surface area (Å²) >= 11 is 0. The van der Waals surface area contributed by atoms with Crippen LogP contribution in [0.5, 0.6) is 5.75 Å². The monoisotopic (exact) mass is 249 g/mol. The molecule has 0 radical (unpaired) electrons. The molecule has 18 heavy (non-hydrogen) atoms. The van der Waals surface area contributed by atoms with E-state index in [1.165, 1.54) is 12.0 Å². The van der Waals surface area contributed by atoms with Gasteiger partial charge < -0.3 is 10.1 Å². The van der Waals surface area contributed by atoms with Crippen molar-refractivity contribution in [3.05, 3.63) is 29.8 Å². The van der Waals surface area contributed by atoms with E-state index in [0.29, 0.717) is 11.5 Å². The van der Waals surface area contributed by atoms with Gasteiger partial charge in [-0.1, -0.05) is 39.8 Å². The zero-order valence-corrected chi connectivity index (χ0v) is 12.4. The van der Waals surface area contributed by atoms with Crippen molar-refractivity contribution in [2.45, 2.75) is 46.6 Å². The number of nitrogens with one attached hydrogen (secondary N) is 1. The molecular weight excluding hydrogens is 222 g/mol. The Kier molecular flexibility index (Phi) is 5.67. The van der Waals surface area contributed by atoms with Crippen molar-refractivity contribution in [3.63, 3.8) is 0 Å². The van der Waals surface area contributed by atoms with E-state index in [9.17, 15) is 0 Å². The maximum Gasteiger partial charge on any atom is 0.119 e. The molecule has 102 valence electrons. The Morgan fingerprint density at radius 3 is 2.56 bits per heavy atom.